The molecule has 0 radical (unpaired) electrons. The van der Waals surface area contributed by atoms with E-state index < -0.39 is 42.0 Å². The van der Waals surface area contributed by atoms with Crippen molar-refractivity contribution < 1.29 is 31.4 Å². The molecule has 1 heterocycles. The third kappa shape index (κ3) is 2.43. The number of alkyl halides is 5. The molecule has 0 aliphatic carbocycles. The molecule has 0 aromatic carbocycles. The van der Waals surface area contributed by atoms with Gasteiger partial charge in [-0.2, -0.15) is 17.6 Å². The number of hydrogen-bond acceptors (Lipinski definition) is 2. The second kappa shape index (κ2) is 4.28. The minimum atomic E-state index is -5.02. The van der Waals surface area contributed by atoms with E-state index >= 15 is 0 Å². The largest absolute Gasteiger partial charge is 0.416 e. The molecule has 0 bridgehead atoms. The fraction of sp³-hybridized carbons (Fsp3) is 0.375. The van der Waals surface area contributed by atoms with Gasteiger partial charge in [0.05, 0.1) is 12.2 Å². The molecule has 1 N–H and O–H groups in total. The number of hydrogen-bond donors (Lipinski definition) is 1. The summed E-state index contributed by atoms with van der Waals surface area (Å²) in [7, 11) is 0. The number of pyridine rings is 1. The fourth-order valence-corrected chi connectivity index (χ4v) is 1.07. The van der Waals surface area contributed by atoms with Crippen LogP contribution >= 0.6 is 0 Å². The topological polar surface area (TPSA) is 33.1 Å². The van der Waals surface area contributed by atoms with Gasteiger partial charge in [-0.05, 0) is 6.07 Å². The molecule has 0 saturated heterocycles. The second-order valence-electron chi connectivity index (χ2n) is 2.82. The van der Waals surface area contributed by atoms with Crippen molar-refractivity contribution in [3.8, 4) is 0 Å². The number of halogens is 6. The summed E-state index contributed by atoms with van der Waals surface area (Å²) in [6.07, 6.45) is -8.34. The van der Waals surface area contributed by atoms with E-state index in [-0.39, 0.29) is 6.07 Å². The molecular formula is C8H5F6NO. The maximum absolute atomic E-state index is 12.9. The first kappa shape index (κ1) is 12.8. The summed E-state index contributed by atoms with van der Waals surface area (Å²) < 4.78 is 74.0. The van der Waals surface area contributed by atoms with Crippen molar-refractivity contribution in [1.29, 1.82) is 0 Å². The summed E-state index contributed by atoms with van der Waals surface area (Å²) in [6, 6.07) is 0.0271. The quantitative estimate of drug-likeness (QED) is 0.641. The Morgan fingerprint density at radius 3 is 2.25 bits per heavy atom. The van der Waals surface area contributed by atoms with Crippen LogP contribution in [0.15, 0.2) is 6.07 Å². The molecule has 0 spiro atoms. The number of aliphatic hydroxyl groups excluding tert-OH is 1. The summed E-state index contributed by atoms with van der Waals surface area (Å²) in [6.45, 7) is -1.27. The van der Waals surface area contributed by atoms with E-state index in [4.69, 9.17) is 5.11 Å². The van der Waals surface area contributed by atoms with Crippen molar-refractivity contribution in [2.75, 3.05) is 0 Å². The summed E-state index contributed by atoms with van der Waals surface area (Å²) >= 11 is 0. The van der Waals surface area contributed by atoms with Crippen molar-refractivity contribution in [3.63, 3.8) is 0 Å². The van der Waals surface area contributed by atoms with Crippen LogP contribution in [0, 0.1) is 5.95 Å². The number of nitrogens with zero attached hydrogens (tertiary/aromatic N) is 1. The average molecular weight is 245 g/mol. The van der Waals surface area contributed by atoms with Gasteiger partial charge in [-0.3, -0.25) is 0 Å². The lowest BCUT2D eigenvalue weighted by Crippen LogP contribution is -2.14. The van der Waals surface area contributed by atoms with Crippen LogP contribution in [0.25, 0.3) is 0 Å². The molecule has 0 aliphatic rings. The lowest BCUT2D eigenvalue weighted by molar-refractivity contribution is -0.139. The lowest BCUT2D eigenvalue weighted by Gasteiger charge is -2.13. The maximum Gasteiger partial charge on any atom is 0.416 e. The monoisotopic (exact) mass is 245 g/mol. The Kier molecular flexibility index (Phi) is 3.41. The normalized spacial score (nSPS) is 12.2. The van der Waals surface area contributed by atoms with Crippen LogP contribution in [-0.4, -0.2) is 10.1 Å². The highest BCUT2D eigenvalue weighted by molar-refractivity contribution is 5.30. The van der Waals surface area contributed by atoms with Gasteiger partial charge in [0.15, 0.2) is 0 Å². The third-order valence-corrected chi connectivity index (χ3v) is 1.78. The van der Waals surface area contributed by atoms with Crippen molar-refractivity contribution in [1.82, 2.24) is 4.98 Å². The first-order valence-corrected chi connectivity index (χ1v) is 3.93. The van der Waals surface area contributed by atoms with Gasteiger partial charge < -0.3 is 5.11 Å². The van der Waals surface area contributed by atoms with Crippen LogP contribution < -0.4 is 0 Å². The minimum absolute atomic E-state index is 0.0271. The Morgan fingerprint density at radius 1 is 1.31 bits per heavy atom. The molecule has 90 valence electrons. The Hall–Kier alpha value is -1.31. The van der Waals surface area contributed by atoms with Gasteiger partial charge in [-0.1, -0.05) is 0 Å². The van der Waals surface area contributed by atoms with E-state index in [1.54, 1.807) is 0 Å². The molecule has 1 aromatic heterocycles. The maximum atomic E-state index is 12.9. The number of aromatic nitrogens is 1. The van der Waals surface area contributed by atoms with E-state index in [0.29, 0.717) is 0 Å². The molecule has 1 rings (SSSR count). The zero-order chi connectivity index (χ0) is 12.5. The highest BCUT2D eigenvalue weighted by Crippen LogP contribution is 2.34. The second-order valence-corrected chi connectivity index (χ2v) is 2.82. The van der Waals surface area contributed by atoms with Crippen molar-refractivity contribution >= 4 is 0 Å². The Labute approximate surface area is 85.5 Å². The molecule has 16 heavy (non-hydrogen) atoms. The zero-order valence-corrected chi connectivity index (χ0v) is 7.52. The number of rotatable bonds is 2. The Bertz CT molecular complexity index is 389. The van der Waals surface area contributed by atoms with Gasteiger partial charge >= 0.3 is 6.18 Å². The van der Waals surface area contributed by atoms with Crippen LogP contribution in [0.2, 0.25) is 0 Å². The molecule has 1 aromatic rings. The molecule has 0 fully saturated rings. The van der Waals surface area contributed by atoms with Crippen LogP contribution in [0.1, 0.15) is 23.2 Å². The molecule has 0 aliphatic heterocycles. The predicted octanol–water partition coefficient (Wildman–Crippen LogP) is 2.67. The standard InChI is InChI=1S/C8H5F6NO/c9-6(10)5-1-4(8(12,13)14)3(2-16)7(11)15-5/h1,6,16H,2H2. The van der Waals surface area contributed by atoms with Gasteiger partial charge in [-0.15, -0.1) is 0 Å². The molecule has 0 amide bonds. The zero-order valence-electron chi connectivity index (χ0n) is 7.52. The highest BCUT2D eigenvalue weighted by Gasteiger charge is 2.36. The summed E-state index contributed by atoms with van der Waals surface area (Å²) in [5.74, 6) is -1.74. The molecule has 0 atom stereocenters. The van der Waals surface area contributed by atoms with E-state index in [2.05, 4.69) is 4.98 Å². The SMILES string of the molecule is OCc1c(C(F)(F)F)cc(C(F)F)nc1F. The van der Waals surface area contributed by atoms with Gasteiger partial charge in [0.25, 0.3) is 6.43 Å². The molecule has 2 nitrogen and oxygen atoms in total. The van der Waals surface area contributed by atoms with Crippen LogP contribution in [0.3, 0.4) is 0 Å². The molecule has 8 heteroatoms. The lowest BCUT2D eigenvalue weighted by atomic mass is 10.1. The van der Waals surface area contributed by atoms with Gasteiger partial charge in [0.1, 0.15) is 5.69 Å². The predicted molar refractivity (Wildman–Crippen MR) is 40.1 cm³/mol. The first-order chi connectivity index (χ1) is 7.27. The summed E-state index contributed by atoms with van der Waals surface area (Å²) in [5.41, 5.74) is -4.10. The van der Waals surface area contributed by atoms with Gasteiger partial charge in [0.2, 0.25) is 5.95 Å². The van der Waals surface area contributed by atoms with E-state index in [1.807, 2.05) is 0 Å². The fourth-order valence-electron chi connectivity index (χ4n) is 1.07. The molecule has 0 unspecified atom stereocenters. The van der Waals surface area contributed by atoms with Crippen molar-refractivity contribution in [3.05, 3.63) is 28.8 Å². The summed E-state index contributed by atoms with van der Waals surface area (Å²) in [4.78, 5) is 2.64. The molecule has 0 saturated carbocycles. The van der Waals surface area contributed by atoms with Crippen LogP contribution in [-0.2, 0) is 12.8 Å². The van der Waals surface area contributed by atoms with E-state index in [0.717, 1.165) is 0 Å². The Morgan fingerprint density at radius 2 is 1.88 bits per heavy atom. The van der Waals surface area contributed by atoms with Crippen LogP contribution in [0.4, 0.5) is 26.3 Å². The van der Waals surface area contributed by atoms with Gasteiger partial charge in [0, 0.05) is 5.56 Å². The van der Waals surface area contributed by atoms with Crippen molar-refractivity contribution in [2.45, 2.75) is 19.2 Å². The third-order valence-electron chi connectivity index (χ3n) is 1.78. The average Bonchev–Trinajstić information content (AvgIpc) is 2.14. The minimum Gasteiger partial charge on any atom is -0.391 e. The van der Waals surface area contributed by atoms with E-state index in [1.165, 1.54) is 0 Å². The first-order valence-electron chi connectivity index (χ1n) is 3.93. The summed E-state index contributed by atoms with van der Waals surface area (Å²) in [5, 5.41) is 8.52. The molecular weight excluding hydrogens is 240 g/mol. The Balaban J connectivity index is 3.43. The highest BCUT2D eigenvalue weighted by atomic mass is 19.4. The van der Waals surface area contributed by atoms with Crippen LogP contribution in [0.5, 0.6) is 0 Å². The number of aliphatic hydroxyl groups is 1. The van der Waals surface area contributed by atoms with Gasteiger partial charge in [-0.25, -0.2) is 13.8 Å². The van der Waals surface area contributed by atoms with E-state index in [9.17, 15) is 26.3 Å². The van der Waals surface area contributed by atoms with Crippen molar-refractivity contribution in [2.24, 2.45) is 0 Å². The smallest absolute Gasteiger partial charge is 0.391 e.